The first-order chi connectivity index (χ1) is 17.8. The van der Waals surface area contributed by atoms with Gasteiger partial charge in [-0.15, -0.1) is 6.58 Å². The van der Waals surface area contributed by atoms with Crippen molar-refractivity contribution in [3.8, 4) is 0 Å². The first-order valence-corrected chi connectivity index (χ1v) is 12.8. The molecule has 6 nitrogen and oxygen atoms in total. The number of benzene rings is 1. The van der Waals surface area contributed by atoms with E-state index >= 15 is 0 Å². The molecule has 1 N–H and O–H groups in total. The van der Waals surface area contributed by atoms with E-state index in [1.165, 1.54) is 0 Å². The van der Waals surface area contributed by atoms with Gasteiger partial charge in [-0.2, -0.15) is 22.8 Å². The van der Waals surface area contributed by atoms with Crippen molar-refractivity contribution < 1.29 is 13.2 Å². The van der Waals surface area contributed by atoms with E-state index < -0.39 is 11.7 Å². The van der Waals surface area contributed by atoms with Crippen LogP contribution in [-0.4, -0.2) is 32.7 Å². The molecule has 4 heterocycles. The number of nitrogens with one attached hydrogen (secondary N) is 1. The highest BCUT2D eigenvalue weighted by Gasteiger charge is 2.30. The smallest absolute Gasteiger partial charge is 0.371 e. The molecule has 0 saturated carbocycles. The molecule has 0 radical (unpaired) electrons. The number of alkyl halides is 3. The number of piperidine rings is 1. The lowest BCUT2D eigenvalue weighted by Crippen LogP contribution is -2.33. The average Bonchev–Trinajstić information content (AvgIpc) is 3.29. The van der Waals surface area contributed by atoms with E-state index in [2.05, 4.69) is 42.8 Å². The summed E-state index contributed by atoms with van der Waals surface area (Å²) >= 11 is 3.54. The molecule has 1 fully saturated rings. The molecule has 0 spiro atoms. The van der Waals surface area contributed by atoms with E-state index in [9.17, 15) is 13.2 Å². The van der Waals surface area contributed by atoms with Gasteiger partial charge >= 0.3 is 6.18 Å². The number of allylic oxidation sites excluding steroid dienone is 1. The minimum atomic E-state index is -4.32. The predicted octanol–water partition coefficient (Wildman–Crippen LogP) is 7.09. The van der Waals surface area contributed by atoms with Crippen LogP contribution in [-0.2, 0) is 12.7 Å². The van der Waals surface area contributed by atoms with Crippen molar-refractivity contribution in [3.63, 3.8) is 0 Å². The van der Waals surface area contributed by atoms with Crippen LogP contribution in [0, 0.1) is 0 Å². The normalized spacial score (nSPS) is 14.2. The topological polar surface area (TPSA) is 58.4 Å². The highest BCUT2D eigenvalue weighted by Crippen LogP contribution is 2.34. The summed E-state index contributed by atoms with van der Waals surface area (Å²) in [5, 5.41) is 7.88. The maximum atomic E-state index is 12.9. The summed E-state index contributed by atoms with van der Waals surface area (Å²) < 4.78 is 41.2. The Morgan fingerprint density at radius 1 is 1.14 bits per heavy atom. The van der Waals surface area contributed by atoms with Crippen molar-refractivity contribution in [3.05, 3.63) is 95.0 Å². The Bertz CT molecular complexity index is 1310. The molecule has 0 bridgehead atoms. The van der Waals surface area contributed by atoms with Crippen LogP contribution in [0.4, 0.5) is 24.7 Å². The van der Waals surface area contributed by atoms with Gasteiger partial charge in [-0.05, 0) is 71.6 Å². The van der Waals surface area contributed by atoms with Crippen molar-refractivity contribution in [2.24, 2.45) is 0 Å². The van der Waals surface area contributed by atoms with Gasteiger partial charge in [0.15, 0.2) is 5.65 Å². The van der Waals surface area contributed by atoms with Crippen LogP contribution in [0.3, 0.4) is 0 Å². The maximum Gasteiger partial charge on any atom is 0.416 e. The number of rotatable bonds is 5. The fraction of sp³-hybridized carbons (Fsp3) is 0.296. The first kappa shape index (κ1) is 26.7. The van der Waals surface area contributed by atoms with Crippen LogP contribution < -0.4 is 10.2 Å². The van der Waals surface area contributed by atoms with E-state index in [-0.39, 0.29) is 5.92 Å². The van der Waals surface area contributed by atoms with Crippen molar-refractivity contribution in [1.29, 1.82) is 0 Å². The summed E-state index contributed by atoms with van der Waals surface area (Å²) in [6, 6.07) is 11.4. The lowest BCUT2D eigenvalue weighted by Gasteiger charge is -2.33. The number of hydrogen-bond donors (Lipinski definition) is 1. The summed E-state index contributed by atoms with van der Waals surface area (Å²) in [4.78, 5) is 11.2. The van der Waals surface area contributed by atoms with Gasteiger partial charge in [0.25, 0.3) is 0 Å². The molecule has 10 heteroatoms. The quantitative estimate of drug-likeness (QED) is 0.258. The summed E-state index contributed by atoms with van der Waals surface area (Å²) in [6.45, 7) is 7.36. The minimum absolute atomic E-state index is 0.247. The van der Waals surface area contributed by atoms with E-state index in [0.717, 1.165) is 70.9 Å². The third kappa shape index (κ3) is 6.49. The van der Waals surface area contributed by atoms with Gasteiger partial charge in [-0.25, -0.2) is 4.98 Å². The van der Waals surface area contributed by atoms with Gasteiger partial charge in [0, 0.05) is 55.4 Å². The Hall–Kier alpha value is -3.40. The number of halogens is 4. The fourth-order valence-electron chi connectivity index (χ4n) is 4.28. The summed E-state index contributed by atoms with van der Waals surface area (Å²) in [6.07, 6.45) is 4.45. The zero-order valence-electron chi connectivity index (χ0n) is 20.4. The molecule has 1 aromatic carbocycles. The second-order valence-electron chi connectivity index (χ2n) is 8.72. The second-order valence-corrected chi connectivity index (χ2v) is 9.58. The lowest BCUT2D eigenvalue weighted by molar-refractivity contribution is -0.137. The van der Waals surface area contributed by atoms with Crippen LogP contribution in [0.15, 0.2) is 78.2 Å². The average molecular weight is 573 g/mol. The molecule has 1 saturated heterocycles. The number of aromatic nitrogens is 4. The van der Waals surface area contributed by atoms with E-state index in [1.807, 2.05) is 31.3 Å². The molecular weight excluding hydrogens is 545 g/mol. The number of hydrogen-bond acceptors (Lipinski definition) is 5. The van der Waals surface area contributed by atoms with Crippen LogP contribution in [0.25, 0.3) is 5.65 Å². The third-order valence-corrected chi connectivity index (χ3v) is 6.68. The van der Waals surface area contributed by atoms with Gasteiger partial charge < -0.3 is 10.2 Å². The molecule has 0 unspecified atom stereocenters. The Labute approximate surface area is 222 Å². The fourth-order valence-corrected chi connectivity index (χ4v) is 4.63. The Morgan fingerprint density at radius 2 is 1.84 bits per heavy atom. The summed E-state index contributed by atoms with van der Waals surface area (Å²) in [5.41, 5.74) is 2.98. The Morgan fingerprint density at radius 3 is 2.46 bits per heavy atom. The highest BCUT2D eigenvalue weighted by atomic mass is 79.9. The number of fused-ring (bicyclic) bond motifs is 1. The maximum absolute atomic E-state index is 12.9. The Balaban J connectivity index is 0.00000102. The molecule has 0 aliphatic carbocycles. The summed E-state index contributed by atoms with van der Waals surface area (Å²) in [7, 11) is 0. The molecule has 1 aliphatic rings. The van der Waals surface area contributed by atoms with Gasteiger partial charge in [-0.3, -0.25) is 4.98 Å². The highest BCUT2D eigenvalue weighted by molar-refractivity contribution is 9.10. The molecule has 3 aromatic heterocycles. The van der Waals surface area contributed by atoms with Gasteiger partial charge in [0.1, 0.15) is 5.82 Å². The number of anilines is 2. The second kappa shape index (κ2) is 11.8. The zero-order valence-corrected chi connectivity index (χ0v) is 22.0. The van der Waals surface area contributed by atoms with Crippen molar-refractivity contribution in [1.82, 2.24) is 19.6 Å². The molecule has 0 amide bonds. The zero-order chi connectivity index (χ0) is 26.4. The largest absolute Gasteiger partial charge is 0.416 e. The molecule has 4 aromatic rings. The van der Waals surface area contributed by atoms with E-state index in [0.29, 0.717) is 6.54 Å². The van der Waals surface area contributed by atoms with Crippen molar-refractivity contribution >= 4 is 33.1 Å². The number of pyridine rings is 1. The van der Waals surface area contributed by atoms with Crippen LogP contribution in [0.5, 0.6) is 0 Å². The Kier molecular flexibility index (Phi) is 8.48. The van der Waals surface area contributed by atoms with Crippen LogP contribution in [0.1, 0.15) is 42.5 Å². The molecule has 0 atom stereocenters. The van der Waals surface area contributed by atoms with Crippen molar-refractivity contribution in [2.75, 3.05) is 23.3 Å². The van der Waals surface area contributed by atoms with Crippen molar-refractivity contribution in [2.45, 2.75) is 38.4 Å². The van der Waals surface area contributed by atoms with Gasteiger partial charge in [0.2, 0.25) is 0 Å². The van der Waals surface area contributed by atoms with Crippen LogP contribution >= 0.6 is 15.9 Å². The lowest BCUT2D eigenvalue weighted by atomic mass is 9.92. The summed E-state index contributed by atoms with van der Waals surface area (Å²) in [5.74, 6) is 1.09. The van der Waals surface area contributed by atoms with E-state index in [1.54, 1.807) is 35.1 Å². The number of nitrogens with zero attached hydrogens (tertiary/aromatic N) is 5. The predicted molar refractivity (Wildman–Crippen MR) is 144 cm³/mol. The molecular formula is C27H28BrF3N6. The van der Waals surface area contributed by atoms with E-state index in [4.69, 9.17) is 4.98 Å². The molecule has 37 heavy (non-hydrogen) atoms. The SMILES string of the molecule is C=CC.FC(F)(F)c1ccc(N2CCC(c3cc(NCc4cccnc4)n4ncc(Br)c4n3)CC2)cc1. The monoisotopic (exact) mass is 572 g/mol. The van der Waals surface area contributed by atoms with Crippen LogP contribution in [0.2, 0.25) is 0 Å². The standard InChI is InChI=1S/C24H22BrF3N6.C3H6/c25-20-15-31-34-22(30-14-16-2-1-9-29-13-16)12-21(32-23(20)34)17-7-10-33(11-8-17)19-5-3-18(4-6-19)24(26,27)28;1-3-2/h1-6,9,12-13,15,17,30H,7-8,10-11,14H2;3H,1H2,2H3. The minimum Gasteiger partial charge on any atom is -0.371 e. The van der Waals surface area contributed by atoms with Gasteiger partial charge in [0.05, 0.1) is 16.2 Å². The molecule has 5 rings (SSSR count). The molecule has 1 aliphatic heterocycles. The molecule has 194 valence electrons. The third-order valence-electron chi connectivity index (χ3n) is 6.12. The first-order valence-electron chi connectivity index (χ1n) is 12.0. The van der Waals surface area contributed by atoms with Gasteiger partial charge in [-0.1, -0.05) is 12.1 Å².